The summed E-state index contributed by atoms with van der Waals surface area (Å²) in [5, 5.41) is 51.6. The van der Waals surface area contributed by atoms with Crippen LogP contribution in [0.5, 0.6) is 0 Å². The first kappa shape index (κ1) is 29.0. The summed E-state index contributed by atoms with van der Waals surface area (Å²) in [6, 6.07) is 8.03. The maximum Gasteiger partial charge on any atom is 0.194 e. The van der Waals surface area contributed by atoms with Crippen LogP contribution in [0.15, 0.2) is 42.6 Å². The molecule has 1 saturated heterocycles. The lowest BCUT2D eigenvalue weighted by molar-refractivity contribution is -0.179. The summed E-state index contributed by atoms with van der Waals surface area (Å²) >= 11 is 1.21. The molecule has 216 valence electrons. The summed E-state index contributed by atoms with van der Waals surface area (Å²) in [4.78, 5) is 0. The molecule has 1 saturated carbocycles. The molecule has 12 heteroatoms. The van der Waals surface area contributed by atoms with Gasteiger partial charge in [-0.25, -0.2) is 17.9 Å². The van der Waals surface area contributed by atoms with Crippen molar-refractivity contribution in [2.45, 2.75) is 67.8 Å². The van der Waals surface area contributed by atoms with Crippen LogP contribution >= 0.6 is 11.8 Å². The largest absolute Gasteiger partial charge is 0.394 e. The van der Waals surface area contributed by atoms with E-state index in [1.165, 1.54) is 18.0 Å². The van der Waals surface area contributed by atoms with Gasteiger partial charge in [0.1, 0.15) is 35.5 Å². The number of ether oxygens (including phenoxy) is 1. The van der Waals surface area contributed by atoms with Crippen molar-refractivity contribution in [2.24, 2.45) is 11.8 Å². The highest BCUT2D eigenvalue weighted by Crippen LogP contribution is 2.57. The van der Waals surface area contributed by atoms with Crippen molar-refractivity contribution in [2.75, 3.05) is 6.61 Å². The first-order chi connectivity index (χ1) is 19.0. The second-order valence-corrected chi connectivity index (χ2v) is 12.1. The normalized spacial score (nSPS) is 33.0. The molecule has 1 aliphatic carbocycles. The van der Waals surface area contributed by atoms with Gasteiger partial charge in [-0.1, -0.05) is 43.3 Å². The van der Waals surface area contributed by atoms with E-state index in [2.05, 4.69) is 17.2 Å². The number of hydrogen-bond acceptors (Lipinski definition) is 8. The first-order valence-electron chi connectivity index (χ1n) is 13.1. The predicted octanol–water partition coefficient (Wildman–Crippen LogP) is 3.53. The van der Waals surface area contributed by atoms with E-state index in [0.29, 0.717) is 12.3 Å². The van der Waals surface area contributed by atoms with Crippen molar-refractivity contribution in [3.05, 3.63) is 71.2 Å². The Morgan fingerprint density at radius 1 is 1.12 bits per heavy atom. The van der Waals surface area contributed by atoms with Gasteiger partial charge in [0.05, 0.1) is 23.7 Å². The molecular weight excluding hydrogens is 547 g/mol. The maximum atomic E-state index is 13.8. The zero-order valence-electron chi connectivity index (χ0n) is 22.2. The van der Waals surface area contributed by atoms with Gasteiger partial charge in [-0.05, 0) is 48.4 Å². The number of halogens is 3. The fraction of sp³-hybridized carbons (Fsp3) is 0.500. The number of aryl methyl sites for hydroxylation is 1. The van der Waals surface area contributed by atoms with Crippen LogP contribution in [-0.4, -0.2) is 71.4 Å². The molecule has 5 rings (SSSR count). The Morgan fingerprint density at radius 3 is 2.40 bits per heavy atom. The van der Waals surface area contributed by atoms with E-state index in [0.717, 1.165) is 27.9 Å². The lowest BCUT2D eigenvalue weighted by atomic mass is 9.60. The van der Waals surface area contributed by atoms with Crippen LogP contribution < -0.4 is 0 Å². The molecule has 0 radical (unpaired) electrons. The number of thioether (sulfide) groups is 1. The lowest BCUT2D eigenvalue weighted by Gasteiger charge is -2.54. The van der Waals surface area contributed by atoms with Crippen LogP contribution in [0, 0.1) is 36.2 Å². The minimum Gasteiger partial charge on any atom is -0.394 e. The Morgan fingerprint density at radius 2 is 1.80 bits per heavy atom. The quantitative estimate of drug-likeness (QED) is 0.314. The summed E-state index contributed by atoms with van der Waals surface area (Å²) < 4.78 is 48.2. The molecule has 2 heterocycles. The monoisotopic (exact) mass is 579 g/mol. The topological polar surface area (TPSA) is 121 Å². The Hall–Kier alpha value is -2.48. The Labute approximate surface area is 233 Å². The van der Waals surface area contributed by atoms with E-state index >= 15 is 0 Å². The lowest BCUT2D eigenvalue weighted by Crippen LogP contribution is -2.58. The molecule has 2 aromatic carbocycles. The van der Waals surface area contributed by atoms with E-state index in [9.17, 15) is 33.6 Å². The number of benzene rings is 2. The van der Waals surface area contributed by atoms with Gasteiger partial charge < -0.3 is 25.2 Å². The number of nitrogens with zero attached hydrogens (tertiary/aromatic N) is 3. The molecule has 0 spiro atoms. The third-order valence-corrected chi connectivity index (χ3v) is 10.0. The second kappa shape index (κ2) is 11.1. The molecule has 4 N–H and O–H groups in total. The van der Waals surface area contributed by atoms with Gasteiger partial charge in [-0.3, -0.25) is 0 Å². The standard InChI is InChI=1S/C28H32F3N3O5S/c1-13-6-4-5-7-17(13)26(28(38)10-14(2)15(28)3)40-27-25(37)23(24(36)21(12-35)39-27)34-11-20(32-33-34)16-8-18(29)22(31)19(30)9-16/h4-9,11,14-15,21,23-27,35-38H,10,12H2,1-3H3/t14-,15+,21+,23-,24-,25+,26?,27-,28?/m0/s1. The molecule has 3 aromatic rings. The van der Waals surface area contributed by atoms with Crippen molar-refractivity contribution >= 4 is 11.8 Å². The van der Waals surface area contributed by atoms with E-state index in [-0.39, 0.29) is 17.2 Å². The predicted molar refractivity (Wildman–Crippen MR) is 142 cm³/mol. The molecule has 0 amide bonds. The molecule has 1 aliphatic heterocycles. The fourth-order valence-corrected chi connectivity index (χ4v) is 7.54. The molecule has 2 unspecified atom stereocenters. The van der Waals surface area contributed by atoms with Crippen LogP contribution in [0.1, 0.15) is 42.7 Å². The Kier molecular flexibility index (Phi) is 8.03. The number of hydrogen-bond donors (Lipinski definition) is 4. The molecule has 9 atom stereocenters. The zero-order chi connectivity index (χ0) is 28.9. The molecule has 2 fully saturated rings. The third kappa shape index (κ3) is 4.94. The summed E-state index contributed by atoms with van der Waals surface area (Å²) in [6.45, 7) is 5.43. The number of aliphatic hydroxyl groups excluding tert-OH is 3. The third-order valence-electron chi connectivity index (χ3n) is 8.43. The van der Waals surface area contributed by atoms with Crippen LogP contribution in [0.25, 0.3) is 11.3 Å². The van der Waals surface area contributed by atoms with Crippen LogP contribution in [0.2, 0.25) is 0 Å². The van der Waals surface area contributed by atoms with Crippen molar-refractivity contribution in [1.82, 2.24) is 15.0 Å². The smallest absolute Gasteiger partial charge is 0.194 e. The van der Waals surface area contributed by atoms with Gasteiger partial charge in [0, 0.05) is 5.56 Å². The van der Waals surface area contributed by atoms with Crippen LogP contribution in [-0.2, 0) is 4.74 Å². The summed E-state index contributed by atoms with van der Waals surface area (Å²) in [5.41, 5.74) is -0.347. The highest BCUT2D eigenvalue weighted by atomic mass is 32.2. The second-order valence-electron chi connectivity index (χ2n) is 10.9. The van der Waals surface area contributed by atoms with Gasteiger partial charge in [-0.15, -0.1) is 16.9 Å². The van der Waals surface area contributed by atoms with Crippen LogP contribution in [0.3, 0.4) is 0 Å². The number of rotatable bonds is 7. The molecule has 8 nitrogen and oxygen atoms in total. The van der Waals surface area contributed by atoms with Crippen LogP contribution in [0.4, 0.5) is 13.2 Å². The van der Waals surface area contributed by atoms with Gasteiger partial charge in [-0.2, -0.15) is 0 Å². The summed E-state index contributed by atoms with van der Waals surface area (Å²) in [5.74, 6) is -4.14. The van der Waals surface area contributed by atoms with E-state index in [1.54, 1.807) is 0 Å². The molecule has 40 heavy (non-hydrogen) atoms. The van der Waals surface area contributed by atoms with Gasteiger partial charge in [0.2, 0.25) is 0 Å². The van der Waals surface area contributed by atoms with E-state index in [1.807, 2.05) is 38.1 Å². The van der Waals surface area contributed by atoms with Crippen molar-refractivity contribution in [3.8, 4) is 11.3 Å². The Bertz CT molecular complexity index is 1360. The molecule has 2 aliphatic rings. The highest BCUT2D eigenvalue weighted by molar-refractivity contribution is 8.00. The van der Waals surface area contributed by atoms with Crippen molar-refractivity contribution < 1.29 is 38.3 Å². The fourth-order valence-electron chi connectivity index (χ4n) is 5.78. The number of aliphatic hydroxyl groups is 4. The molecular formula is C28H32F3N3O5S. The first-order valence-corrected chi connectivity index (χ1v) is 14.0. The van der Waals surface area contributed by atoms with Gasteiger partial charge in [0.25, 0.3) is 0 Å². The van der Waals surface area contributed by atoms with Crippen molar-refractivity contribution in [1.29, 1.82) is 0 Å². The number of aromatic nitrogens is 3. The minimum absolute atomic E-state index is 0.0159. The van der Waals surface area contributed by atoms with Crippen molar-refractivity contribution in [3.63, 3.8) is 0 Å². The Balaban J connectivity index is 1.48. The van der Waals surface area contributed by atoms with Gasteiger partial charge in [0.15, 0.2) is 17.5 Å². The van der Waals surface area contributed by atoms with E-state index < -0.39 is 64.7 Å². The van der Waals surface area contributed by atoms with Gasteiger partial charge >= 0.3 is 0 Å². The SMILES string of the molecule is Cc1ccccc1C(S[C@@H]1O[C@H](CO)[C@H](O)[C@H](n2cc(-c3cc(F)c(F)c(F)c3)nn2)[C@H]1O)C1(O)C[C@H](C)[C@H]1C. The van der Waals surface area contributed by atoms with E-state index in [4.69, 9.17) is 4.74 Å². The average molecular weight is 580 g/mol. The summed E-state index contributed by atoms with van der Waals surface area (Å²) in [6.07, 6.45) is -2.09. The summed E-state index contributed by atoms with van der Waals surface area (Å²) in [7, 11) is 0. The maximum absolute atomic E-state index is 13.8. The zero-order valence-corrected chi connectivity index (χ0v) is 23.0. The molecule has 1 aromatic heterocycles. The minimum atomic E-state index is -1.61. The molecule has 0 bridgehead atoms. The average Bonchev–Trinajstić information content (AvgIpc) is 3.41. The highest BCUT2D eigenvalue weighted by Gasteiger charge is 2.56.